The minimum absolute atomic E-state index is 0.0862. The van der Waals surface area contributed by atoms with Crippen LogP contribution >= 0.6 is 0 Å². The summed E-state index contributed by atoms with van der Waals surface area (Å²) in [5, 5.41) is 7.14. The van der Waals surface area contributed by atoms with Gasteiger partial charge in [0.15, 0.2) is 0 Å². The predicted molar refractivity (Wildman–Crippen MR) is 78.9 cm³/mol. The van der Waals surface area contributed by atoms with Gasteiger partial charge in [-0.15, -0.1) is 0 Å². The summed E-state index contributed by atoms with van der Waals surface area (Å²) >= 11 is 0. The van der Waals surface area contributed by atoms with E-state index in [9.17, 15) is 4.79 Å². The zero-order valence-electron chi connectivity index (χ0n) is 12.5. The van der Waals surface area contributed by atoms with Gasteiger partial charge in [0.05, 0.1) is 6.20 Å². The molecule has 20 heavy (non-hydrogen) atoms. The third kappa shape index (κ3) is 3.82. The monoisotopic (exact) mass is 278 g/mol. The first-order chi connectivity index (χ1) is 9.60. The largest absolute Gasteiger partial charge is 0.352 e. The molecule has 5 nitrogen and oxygen atoms in total. The summed E-state index contributed by atoms with van der Waals surface area (Å²) in [6.45, 7) is 2.24. The van der Waals surface area contributed by atoms with Crippen LogP contribution in [0.2, 0.25) is 0 Å². The van der Waals surface area contributed by atoms with E-state index in [0.29, 0.717) is 6.04 Å². The molecule has 1 fully saturated rings. The fourth-order valence-corrected chi connectivity index (χ4v) is 3.05. The molecule has 1 unspecified atom stereocenters. The van der Waals surface area contributed by atoms with Crippen molar-refractivity contribution in [1.82, 2.24) is 15.1 Å². The van der Waals surface area contributed by atoms with Crippen LogP contribution in [-0.4, -0.2) is 21.7 Å². The molecule has 112 valence electrons. The maximum Gasteiger partial charge on any atom is 0.241 e. The van der Waals surface area contributed by atoms with Crippen LogP contribution in [0.1, 0.15) is 57.1 Å². The number of amides is 1. The van der Waals surface area contributed by atoms with Crippen LogP contribution in [0.5, 0.6) is 0 Å². The predicted octanol–water partition coefficient (Wildman–Crippen LogP) is 1.90. The van der Waals surface area contributed by atoms with Gasteiger partial charge < -0.3 is 11.1 Å². The Labute approximate surface area is 120 Å². The first kappa shape index (κ1) is 15.0. The Bertz CT molecular complexity index is 435. The van der Waals surface area contributed by atoms with Crippen LogP contribution in [0.25, 0.3) is 0 Å². The average Bonchev–Trinajstić information content (AvgIpc) is 2.87. The molecular formula is C15H26N4O. The number of hydrogen-bond acceptors (Lipinski definition) is 3. The molecule has 1 aliphatic rings. The van der Waals surface area contributed by atoms with Crippen molar-refractivity contribution in [3.8, 4) is 0 Å². The molecule has 1 aromatic rings. The standard InChI is InChI=1S/C15H26N4O/c1-3-4-11-5-7-13(8-6-11)18-15(20)14(16)12-9-17-19(2)10-12/h9-11,13-14H,3-8,16H2,1-2H3,(H,18,20). The lowest BCUT2D eigenvalue weighted by atomic mass is 9.83. The molecule has 1 saturated carbocycles. The van der Waals surface area contributed by atoms with Gasteiger partial charge in [-0.25, -0.2) is 0 Å². The van der Waals surface area contributed by atoms with Gasteiger partial charge >= 0.3 is 0 Å². The number of nitrogens with one attached hydrogen (secondary N) is 1. The number of nitrogens with two attached hydrogens (primary N) is 1. The highest BCUT2D eigenvalue weighted by molar-refractivity contribution is 5.83. The molecule has 1 amide bonds. The fourth-order valence-electron chi connectivity index (χ4n) is 3.05. The molecule has 0 aliphatic heterocycles. The zero-order valence-corrected chi connectivity index (χ0v) is 12.5. The van der Waals surface area contributed by atoms with Crippen LogP contribution in [0, 0.1) is 5.92 Å². The third-order valence-corrected chi connectivity index (χ3v) is 4.26. The van der Waals surface area contributed by atoms with Crippen molar-refractivity contribution in [3.63, 3.8) is 0 Å². The number of hydrogen-bond donors (Lipinski definition) is 2. The average molecular weight is 278 g/mol. The molecule has 1 heterocycles. The molecule has 1 aromatic heterocycles. The van der Waals surface area contributed by atoms with Gasteiger partial charge in [0.2, 0.25) is 5.91 Å². The highest BCUT2D eigenvalue weighted by atomic mass is 16.2. The first-order valence-electron chi connectivity index (χ1n) is 7.64. The number of nitrogens with zero attached hydrogens (tertiary/aromatic N) is 2. The lowest BCUT2D eigenvalue weighted by Gasteiger charge is -2.29. The maximum atomic E-state index is 12.2. The number of aryl methyl sites for hydroxylation is 1. The van der Waals surface area contributed by atoms with Gasteiger partial charge in [-0.3, -0.25) is 9.48 Å². The Hall–Kier alpha value is -1.36. The van der Waals surface area contributed by atoms with Crippen LogP contribution in [-0.2, 0) is 11.8 Å². The lowest BCUT2D eigenvalue weighted by molar-refractivity contribution is -0.123. The summed E-state index contributed by atoms with van der Waals surface area (Å²) in [6.07, 6.45) is 10.6. The van der Waals surface area contributed by atoms with E-state index in [0.717, 1.165) is 24.3 Å². The van der Waals surface area contributed by atoms with E-state index in [-0.39, 0.29) is 5.91 Å². The molecule has 0 saturated heterocycles. The van der Waals surface area contributed by atoms with E-state index in [2.05, 4.69) is 17.3 Å². The summed E-state index contributed by atoms with van der Waals surface area (Å²) in [5.74, 6) is 0.761. The zero-order chi connectivity index (χ0) is 14.5. The van der Waals surface area contributed by atoms with Crippen molar-refractivity contribution >= 4 is 5.91 Å². The van der Waals surface area contributed by atoms with E-state index in [4.69, 9.17) is 5.73 Å². The summed E-state index contributed by atoms with van der Waals surface area (Å²) in [7, 11) is 1.82. The minimum atomic E-state index is -0.614. The number of rotatable bonds is 5. The normalized spacial score (nSPS) is 24.4. The van der Waals surface area contributed by atoms with Gasteiger partial charge in [0, 0.05) is 24.8 Å². The molecule has 5 heteroatoms. The first-order valence-corrected chi connectivity index (χ1v) is 7.64. The summed E-state index contributed by atoms with van der Waals surface area (Å²) in [4.78, 5) is 12.2. The Balaban J connectivity index is 1.80. The van der Waals surface area contributed by atoms with Crippen LogP contribution < -0.4 is 11.1 Å². The Morgan fingerprint density at radius 3 is 2.75 bits per heavy atom. The maximum absolute atomic E-state index is 12.2. The van der Waals surface area contributed by atoms with Crippen LogP contribution in [0.4, 0.5) is 0 Å². The fraction of sp³-hybridized carbons (Fsp3) is 0.733. The van der Waals surface area contributed by atoms with E-state index in [1.807, 2.05) is 7.05 Å². The van der Waals surface area contributed by atoms with Gasteiger partial charge in [-0.1, -0.05) is 19.8 Å². The molecular weight excluding hydrogens is 252 g/mol. The second-order valence-corrected chi connectivity index (χ2v) is 5.94. The SMILES string of the molecule is CCCC1CCC(NC(=O)C(N)c2cnn(C)c2)CC1. The number of aromatic nitrogens is 2. The summed E-state index contributed by atoms with van der Waals surface area (Å²) < 4.78 is 1.67. The molecule has 0 radical (unpaired) electrons. The smallest absolute Gasteiger partial charge is 0.241 e. The molecule has 0 aromatic carbocycles. The highest BCUT2D eigenvalue weighted by Gasteiger charge is 2.24. The quantitative estimate of drug-likeness (QED) is 0.864. The molecule has 1 atom stereocenters. The van der Waals surface area contributed by atoms with E-state index >= 15 is 0 Å². The van der Waals surface area contributed by atoms with Crippen molar-refractivity contribution in [2.45, 2.75) is 57.5 Å². The number of carbonyl (C=O) groups is 1. The Morgan fingerprint density at radius 1 is 1.50 bits per heavy atom. The minimum Gasteiger partial charge on any atom is -0.352 e. The van der Waals surface area contributed by atoms with E-state index in [1.54, 1.807) is 17.1 Å². The van der Waals surface area contributed by atoms with Crippen molar-refractivity contribution in [3.05, 3.63) is 18.0 Å². The second-order valence-electron chi connectivity index (χ2n) is 5.94. The lowest BCUT2D eigenvalue weighted by Crippen LogP contribution is -2.42. The molecule has 0 bridgehead atoms. The second kappa shape index (κ2) is 6.88. The van der Waals surface area contributed by atoms with Gasteiger partial charge in [-0.2, -0.15) is 5.10 Å². The van der Waals surface area contributed by atoms with Gasteiger partial charge in [0.25, 0.3) is 0 Å². The summed E-state index contributed by atoms with van der Waals surface area (Å²) in [5.41, 5.74) is 6.75. The number of carbonyl (C=O) groups excluding carboxylic acids is 1. The third-order valence-electron chi connectivity index (χ3n) is 4.26. The van der Waals surface area contributed by atoms with Gasteiger partial charge in [-0.05, 0) is 31.6 Å². The van der Waals surface area contributed by atoms with Crippen molar-refractivity contribution in [2.24, 2.45) is 18.7 Å². The van der Waals surface area contributed by atoms with Crippen LogP contribution in [0.15, 0.2) is 12.4 Å². The van der Waals surface area contributed by atoms with Crippen molar-refractivity contribution in [1.29, 1.82) is 0 Å². The Morgan fingerprint density at radius 2 is 2.20 bits per heavy atom. The highest BCUT2D eigenvalue weighted by Crippen LogP contribution is 2.27. The van der Waals surface area contributed by atoms with Gasteiger partial charge in [0.1, 0.15) is 6.04 Å². The molecule has 1 aliphatic carbocycles. The molecule has 3 N–H and O–H groups in total. The Kier molecular flexibility index (Phi) is 5.17. The topological polar surface area (TPSA) is 72.9 Å². The van der Waals surface area contributed by atoms with Crippen molar-refractivity contribution in [2.75, 3.05) is 0 Å². The van der Waals surface area contributed by atoms with E-state index in [1.165, 1.54) is 25.7 Å². The summed E-state index contributed by atoms with van der Waals surface area (Å²) in [6, 6.07) is -0.324. The van der Waals surface area contributed by atoms with Crippen molar-refractivity contribution < 1.29 is 4.79 Å². The van der Waals surface area contributed by atoms with Crippen LogP contribution in [0.3, 0.4) is 0 Å². The molecule has 0 spiro atoms. The molecule has 2 rings (SSSR count). The van der Waals surface area contributed by atoms with E-state index < -0.39 is 6.04 Å².